The van der Waals surface area contributed by atoms with Gasteiger partial charge in [-0.3, -0.25) is 24.5 Å². The number of hydrogen-bond donors (Lipinski definition) is 1. The van der Waals surface area contributed by atoms with Crippen LogP contribution in [0.1, 0.15) is 28.2 Å². The Balaban J connectivity index is 1.55. The van der Waals surface area contributed by atoms with Gasteiger partial charge < -0.3 is 15.0 Å². The highest BCUT2D eigenvalue weighted by atomic mass is 16.5. The maximum atomic E-state index is 13.0. The molecule has 3 rings (SSSR count). The van der Waals surface area contributed by atoms with E-state index in [1.54, 1.807) is 23.5 Å². The van der Waals surface area contributed by atoms with E-state index in [-0.39, 0.29) is 18.2 Å². The lowest BCUT2D eigenvalue weighted by atomic mass is 10.2. The Labute approximate surface area is 176 Å². The highest BCUT2D eigenvalue weighted by Crippen LogP contribution is 2.05. The van der Waals surface area contributed by atoms with Gasteiger partial charge in [0.15, 0.2) is 0 Å². The molecule has 2 aromatic rings. The second kappa shape index (κ2) is 11.3. The first-order valence-electron chi connectivity index (χ1n) is 10.2. The number of ether oxygens (including phenoxy) is 1. The summed E-state index contributed by atoms with van der Waals surface area (Å²) in [6, 6.07) is 3.71. The molecule has 1 aliphatic rings. The van der Waals surface area contributed by atoms with Gasteiger partial charge in [-0.15, -0.1) is 0 Å². The molecule has 3 heterocycles. The van der Waals surface area contributed by atoms with Crippen LogP contribution in [0.15, 0.2) is 36.9 Å². The molecule has 0 unspecified atom stereocenters. The van der Waals surface area contributed by atoms with Crippen LogP contribution in [0.3, 0.4) is 0 Å². The van der Waals surface area contributed by atoms with Crippen molar-refractivity contribution in [1.82, 2.24) is 30.1 Å². The van der Waals surface area contributed by atoms with E-state index in [1.165, 1.54) is 6.20 Å². The van der Waals surface area contributed by atoms with Crippen molar-refractivity contribution < 1.29 is 14.3 Å². The van der Waals surface area contributed by atoms with E-state index in [9.17, 15) is 9.59 Å². The fourth-order valence-electron chi connectivity index (χ4n) is 3.09. The Morgan fingerprint density at radius 2 is 1.90 bits per heavy atom. The lowest BCUT2D eigenvalue weighted by Crippen LogP contribution is -2.44. The molecule has 160 valence electrons. The maximum absolute atomic E-state index is 13.0. The maximum Gasteiger partial charge on any atom is 0.274 e. The van der Waals surface area contributed by atoms with Gasteiger partial charge in [0.25, 0.3) is 5.91 Å². The average Bonchev–Trinajstić information content (AvgIpc) is 2.79. The van der Waals surface area contributed by atoms with Gasteiger partial charge in [0.2, 0.25) is 5.91 Å². The zero-order chi connectivity index (χ0) is 21.2. The Kier molecular flexibility index (Phi) is 8.22. The van der Waals surface area contributed by atoms with Crippen molar-refractivity contribution in [2.45, 2.75) is 19.9 Å². The second-order valence-electron chi connectivity index (χ2n) is 7.17. The zero-order valence-electron chi connectivity index (χ0n) is 17.3. The van der Waals surface area contributed by atoms with Crippen LogP contribution in [-0.2, 0) is 16.1 Å². The van der Waals surface area contributed by atoms with Gasteiger partial charge in [-0.2, -0.15) is 0 Å². The van der Waals surface area contributed by atoms with Crippen molar-refractivity contribution in [3.05, 3.63) is 53.9 Å². The molecular formula is C21H28N6O3. The van der Waals surface area contributed by atoms with Crippen molar-refractivity contribution in [2.75, 3.05) is 45.9 Å². The van der Waals surface area contributed by atoms with E-state index in [0.717, 1.165) is 30.9 Å². The minimum absolute atomic E-state index is 0.106. The average molecular weight is 412 g/mol. The topological polar surface area (TPSA) is 101 Å². The van der Waals surface area contributed by atoms with Crippen LogP contribution in [0.25, 0.3) is 0 Å². The molecule has 9 nitrogen and oxygen atoms in total. The Morgan fingerprint density at radius 3 is 2.60 bits per heavy atom. The fourth-order valence-corrected chi connectivity index (χ4v) is 3.09. The SMILES string of the molecule is Cc1cnc(C(=O)N(CCC(=O)NCc2ccncc2)CCN2CCOCC2)cn1. The predicted octanol–water partition coefficient (Wildman–Crippen LogP) is 0.661. The van der Waals surface area contributed by atoms with Gasteiger partial charge in [0, 0.05) is 64.3 Å². The van der Waals surface area contributed by atoms with Gasteiger partial charge in [-0.05, 0) is 24.6 Å². The monoisotopic (exact) mass is 412 g/mol. The third-order valence-electron chi connectivity index (χ3n) is 4.92. The van der Waals surface area contributed by atoms with Gasteiger partial charge in [-0.25, -0.2) is 4.98 Å². The first kappa shape index (κ1) is 21.8. The molecular weight excluding hydrogens is 384 g/mol. The molecule has 1 saturated heterocycles. The van der Waals surface area contributed by atoms with E-state index in [4.69, 9.17) is 4.74 Å². The number of carbonyl (C=O) groups is 2. The zero-order valence-corrected chi connectivity index (χ0v) is 17.3. The molecule has 30 heavy (non-hydrogen) atoms. The molecule has 2 amide bonds. The number of rotatable bonds is 9. The Bertz CT molecular complexity index is 809. The summed E-state index contributed by atoms with van der Waals surface area (Å²) < 4.78 is 5.38. The van der Waals surface area contributed by atoms with Crippen LogP contribution in [0, 0.1) is 6.92 Å². The van der Waals surface area contributed by atoms with Crippen LogP contribution < -0.4 is 5.32 Å². The van der Waals surface area contributed by atoms with E-state index >= 15 is 0 Å². The number of hydrogen-bond acceptors (Lipinski definition) is 7. The summed E-state index contributed by atoms with van der Waals surface area (Å²) in [5.74, 6) is -0.316. The molecule has 1 aliphatic heterocycles. The van der Waals surface area contributed by atoms with E-state index in [1.807, 2.05) is 19.1 Å². The third-order valence-corrected chi connectivity index (χ3v) is 4.92. The molecule has 0 saturated carbocycles. The minimum Gasteiger partial charge on any atom is -0.379 e. The molecule has 1 fully saturated rings. The smallest absolute Gasteiger partial charge is 0.274 e. The normalized spacial score (nSPS) is 14.3. The standard InChI is InChI=1S/C21H28N6O3/c1-17-14-24-19(16-23-17)21(29)27(9-8-26-10-12-30-13-11-26)7-4-20(28)25-15-18-2-5-22-6-3-18/h2-3,5-6,14,16H,4,7-13,15H2,1H3,(H,25,28). The molecule has 2 aromatic heterocycles. The van der Waals surface area contributed by atoms with E-state index in [2.05, 4.69) is 25.2 Å². The number of pyridine rings is 1. The summed E-state index contributed by atoms with van der Waals surface area (Å²) in [5, 5.41) is 2.89. The summed E-state index contributed by atoms with van der Waals surface area (Å²) >= 11 is 0. The number of amides is 2. The molecule has 0 bridgehead atoms. The number of morpholine rings is 1. The number of aryl methyl sites for hydroxylation is 1. The van der Waals surface area contributed by atoms with Gasteiger partial charge in [0.05, 0.1) is 25.1 Å². The van der Waals surface area contributed by atoms with Crippen LogP contribution in [0.5, 0.6) is 0 Å². The summed E-state index contributed by atoms with van der Waals surface area (Å²) in [6.07, 6.45) is 6.67. The van der Waals surface area contributed by atoms with Crippen molar-refractivity contribution in [3.8, 4) is 0 Å². The van der Waals surface area contributed by atoms with Crippen LogP contribution >= 0.6 is 0 Å². The number of aromatic nitrogens is 3. The predicted molar refractivity (Wildman–Crippen MR) is 111 cm³/mol. The quantitative estimate of drug-likeness (QED) is 0.646. The molecule has 0 atom stereocenters. The minimum atomic E-state index is -0.210. The number of carbonyl (C=O) groups excluding carboxylic acids is 2. The van der Waals surface area contributed by atoms with Crippen molar-refractivity contribution in [1.29, 1.82) is 0 Å². The molecule has 9 heteroatoms. The lowest BCUT2D eigenvalue weighted by molar-refractivity contribution is -0.121. The summed E-state index contributed by atoms with van der Waals surface area (Å²) in [4.78, 5) is 41.6. The molecule has 0 radical (unpaired) electrons. The summed E-state index contributed by atoms with van der Waals surface area (Å²) in [5.41, 5.74) is 2.02. The lowest BCUT2D eigenvalue weighted by Gasteiger charge is -2.30. The Hall–Kier alpha value is -2.91. The van der Waals surface area contributed by atoms with Gasteiger partial charge >= 0.3 is 0 Å². The number of nitrogens with one attached hydrogen (secondary N) is 1. The first-order chi connectivity index (χ1) is 14.6. The second-order valence-corrected chi connectivity index (χ2v) is 7.17. The van der Waals surface area contributed by atoms with Crippen molar-refractivity contribution >= 4 is 11.8 Å². The third kappa shape index (κ3) is 6.85. The molecule has 0 aromatic carbocycles. The largest absolute Gasteiger partial charge is 0.379 e. The first-order valence-corrected chi connectivity index (χ1v) is 10.2. The molecule has 0 aliphatic carbocycles. The van der Waals surface area contributed by atoms with E-state index < -0.39 is 0 Å². The van der Waals surface area contributed by atoms with Crippen molar-refractivity contribution in [3.63, 3.8) is 0 Å². The molecule has 0 spiro atoms. The Morgan fingerprint density at radius 1 is 1.13 bits per heavy atom. The highest BCUT2D eigenvalue weighted by molar-refractivity contribution is 5.92. The number of nitrogens with zero attached hydrogens (tertiary/aromatic N) is 5. The summed E-state index contributed by atoms with van der Waals surface area (Å²) in [7, 11) is 0. The van der Waals surface area contributed by atoms with Crippen LogP contribution in [0.2, 0.25) is 0 Å². The molecule has 1 N–H and O–H groups in total. The fraction of sp³-hybridized carbons (Fsp3) is 0.476. The van der Waals surface area contributed by atoms with Gasteiger partial charge in [0.1, 0.15) is 5.69 Å². The van der Waals surface area contributed by atoms with Crippen LogP contribution in [0.4, 0.5) is 0 Å². The highest BCUT2D eigenvalue weighted by Gasteiger charge is 2.20. The van der Waals surface area contributed by atoms with Crippen LogP contribution in [-0.4, -0.2) is 82.5 Å². The van der Waals surface area contributed by atoms with Crippen molar-refractivity contribution in [2.24, 2.45) is 0 Å². The summed E-state index contributed by atoms with van der Waals surface area (Å²) in [6.45, 7) is 6.93. The van der Waals surface area contributed by atoms with Gasteiger partial charge in [-0.1, -0.05) is 0 Å². The van der Waals surface area contributed by atoms with E-state index in [0.29, 0.717) is 38.5 Å².